The van der Waals surface area contributed by atoms with Crippen molar-refractivity contribution in [3.8, 4) is 0 Å². The first-order valence-electron chi connectivity index (χ1n) is 6.95. The number of benzene rings is 1. The first-order valence-corrected chi connectivity index (χ1v) is 6.95. The van der Waals surface area contributed by atoms with Crippen molar-refractivity contribution in [2.75, 3.05) is 5.32 Å². The molecule has 116 valence electrons. The Morgan fingerprint density at radius 3 is 2.45 bits per heavy atom. The van der Waals surface area contributed by atoms with E-state index in [-0.39, 0.29) is 12.1 Å². The molecule has 0 aliphatic heterocycles. The molecule has 2 aromatic rings. The average molecular weight is 309 g/mol. The Bertz CT molecular complexity index is 647. The van der Waals surface area contributed by atoms with E-state index < -0.39 is 23.4 Å². The van der Waals surface area contributed by atoms with Crippen LogP contribution in [0.5, 0.6) is 0 Å². The van der Waals surface area contributed by atoms with Crippen molar-refractivity contribution in [1.29, 1.82) is 0 Å². The highest BCUT2D eigenvalue weighted by atomic mass is 19.2. The fraction of sp³-hybridized carbons (Fsp3) is 0.250. The minimum atomic E-state index is -1.58. The summed E-state index contributed by atoms with van der Waals surface area (Å²) in [6.45, 7) is 0.771. The molecule has 6 heteroatoms. The van der Waals surface area contributed by atoms with E-state index in [9.17, 15) is 18.0 Å². The second-order valence-corrected chi connectivity index (χ2v) is 4.84. The Kier molecular flexibility index (Phi) is 5.52. The van der Waals surface area contributed by atoms with E-state index in [1.54, 1.807) is 0 Å². The molecule has 0 aliphatic rings. The number of nitrogens with zero attached hydrogens (tertiary/aromatic N) is 1. The first-order chi connectivity index (χ1) is 10.6. The van der Waals surface area contributed by atoms with E-state index in [0.29, 0.717) is 6.42 Å². The number of hydrogen-bond donors (Lipinski definition) is 1. The highest BCUT2D eigenvalue weighted by molar-refractivity contribution is 5.90. The minimum absolute atomic E-state index is 0.186. The molecule has 0 aliphatic carbocycles. The normalized spacial score (nSPS) is 10.5. The SMILES string of the molecule is O=C(CCCC[n+]1ccccc1)Nc1ccc(F)c(F)c1F. The molecular formula is C16H16F3N2O+. The number of carbonyl (C=O) groups is 1. The van der Waals surface area contributed by atoms with Crippen LogP contribution in [-0.4, -0.2) is 5.91 Å². The van der Waals surface area contributed by atoms with Gasteiger partial charge in [0.05, 0.1) is 5.69 Å². The van der Waals surface area contributed by atoms with Crippen LogP contribution in [0.3, 0.4) is 0 Å². The van der Waals surface area contributed by atoms with Gasteiger partial charge in [-0.3, -0.25) is 4.79 Å². The van der Waals surface area contributed by atoms with Crippen LogP contribution in [0.15, 0.2) is 42.7 Å². The number of aromatic nitrogens is 1. The lowest BCUT2D eigenvalue weighted by molar-refractivity contribution is -0.697. The minimum Gasteiger partial charge on any atom is -0.324 e. The van der Waals surface area contributed by atoms with Crippen LogP contribution in [0.4, 0.5) is 18.9 Å². The van der Waals surface area contributed by atoms with Gasteiger partial charge in [-0.2, -0.15) is 0 Å². The van der Waals surface area contributed by atoms with Crippen molar-refractivity contribution in [3.63, 3.8) is 0 Å². The number of rotatable bonds is 6. The summed E-state index contributed by atoms with van der Waals surface area (Å²) < 4.78 is 41.2. The van der Waals surface area contributed by atoms with Crippen LogP contribution in [0.1, 0.15) is 19.3 Å². The molecule has 22 heavy (non-hydrogen) atoms. The number of carbonyl (C=O) groups excluding carboxylic acids is 1. The number of hydrogen-bond acceptors (Lipinski definition) is 1. The van der Waals surface area contributed by atoms with Gasteiger partial charge in [-0.05, 0) is 18.6 Å². The summed E-state index contributed by atoms with van der Waals surface area (Å²) in [7, 11) is 0. The smallest absolute Gasteiger partial charge is 0.224 e. The van der Waals surface area contributed by atoms with Crippen LogP contribution in [0, 0.1) is 17.5 Å². The van der Waals surface area contributed by atoms with Crippen molar-refractivity contribution < 1.29 is 22.5 Å². The van der Waals surface area contributed by atoms with E-state index in [1.807, 2.05) is 35.2 Å². The number of pyridine rings is 1. The zero-order valence-corrected chi connectivity index (χ0v) is 11.9. The van der Waals surface area contributed by atoms with Gasteiger partial charge in [-0.15, -0.1) is 0 Å². The van der Waals surface area contributed by atoms with E-state index in [1.165, 1.54) is 0 Å². The third kappa shape index (κ3) is 4.31. The Morgan fingerprint density at radius 2 is 1.73 bits per heavy atom. The monoisotopic (exact) mass is 309 g/mol. The highest BCUT2D eigenvalue weighted by Gasteiger charge is 2.15. The lowest BCUT2D eigenvalue weighted by Crippen LogP contribution is -2.32. The number of amides is 1. The lowest BCUT2D eigenvalue weighted by Gasteiger charge is -2.07. The summed E-state index contributed by atoms with van der Waals surface area (Å²) in [5, 5.41) is 2.25. The van der Waals surface area contributed by atoms with Gasteiger partial charge in [-0.25, -0.2) is 17.7 Å². The zero-order chi connectivity index (χ0) is 15.9. The highest BCUT2D eigenvalue weighted by Crippen LogP contribution is 2.19. The van der Waals surface area contributed by atoms with Gasteiger partial charge in [0.25, 0.3) is 0 Å². The molecule has 1 N–H and O–H groups in total. The third-order valence-electron chi connectivity index (χ3n) is 3.16. The summed E-state index contributed by atoms with van der Waals surface area (Å²) >= 11 is 0. The van der Waals surface area contributed by atoms with Crippen LogP contribution in [-0.2, 0) is 11.3 Å². The van der Waals surface area contributed by atoms with Crippen molar-refractivity contribution in [2.45, 2.75) is 25.8 Å². The number of anilines is 1. The first kappa shape index (κ1) is 16.0. The van der Waals surface area contributed by atoms with Gasteiger partial charge in [-0.1, -0.05) is 6.07 Å². The Balaban J connectivity index is 1.78. The molecule has 0 saturated heterocycles. The molecule has 0 bridgehead atoms. The lowest BCUT2D eigenvalue weighted by atomic mass is 10.2. The van der Waals surface area contributed by atoms with Crippen molar-refractivity contribution >= 4 is 11.6 Å². The van der Waals surface area contributed by atoms with Gasteiger partial charge in [0, 0.05) is 25.0 Å². The summed E-state index contributed by atoms with van der Waals surface area (Å²) in [4.78, 5) is 11.7. The molecule has 0 unspecified atom stereocenters. The molecule has 0 saturated carbocycles. The fourth-order valence-electron chi connectivity index (χ4n) is 2.00. The van der Waals surface area contributed by atoms with E-state index in [4.69, 9.17) is 0 Å². The maximum absolute atomic E-state index is 13.4. The zero-order valence-electron chi connectivity index (χ0n) is 11.9. The third-order valence-corrected chi connectivity index (χ3v) is 3.16. The van der Waals surface area contributed by atoms with Crippen molar-refractivity contribution in [2.24, 2.45) is 0 Å². The number of aryl methyl sites for hydroxylation is 1. The number of unbranched alkanes of at least 4 members (excludes halogenated alkanes) is 1. The predicted molar refractivity (Wildman–Crippen MR) is 75.4 cm³/mol. The Labute approximate surface area is 126 Å². The van der Waals surface area contributed by atoms with Gasteiger partial charge in [0.2, 0.25) is 5.91 Å². The van der Waals surface area contributed by atoms with Crippen LogP contribution in [0.2, 0.25) is 0 Å². The molecular weight excluding hydrogens is 293 g/mol. The second-order valence-electron chi connectivity index (χ2n) is 4.84. The second kappa shape index (κ2) is 7.59. The van der Waals surface area contributed by atoms with Gasteiger partial charge >= 0.3 is 0 Å². The molecule has 0 spiro atoms. The summed E-state index contributed by atoms with van der Waals surface area (Å²) in [5.74, 6) is -4.68. The average Bonchev–Trinajstić information content (AvgIpc) is 2.53. The van der Waals surface area contributed by atoms with Gasteiger partial charge in [0.15, 0.2) is 29.8 Å². The molecule has 3 nitrogen and oxygen atoms in total. The van der Waals surface area contributed by atoms with Crippen LogP contribution < -0.4 is 9.88 Å². The Morgan fingerprint density at radius 1 is 1.00 bits per heavy atom. The van der Waals surface area contributed by atoms with Crippen LogP contribution in [0.25, 0.3) is 0 Å². The van der Waals surface area contributed by atoms with E-state index in [0.717, 1.165) is 25.1 Å². The molecule has 1 aromatic heterocycles. The number of halogens is 3. The molecule has 1 amide bonds. The largest absolute Gasteiger partial charge is 0.324 e. The summed E-state index contributed by atoms with van der Waals surface area (Å²) in [6.07, 6.45) is 5.43. The topological polar surface area (TPSA) is 33.0 Å². The maximum Gasteiger partial charge on any atom is 0.224 e. The molecule has 0 radical (unpaired) electrons. The predicted octanol–water partition coefficient (Wildman–Crippen LogP) is 3.20. The Hall–Kier alpha value is -2.37. The van der Waals surface area contributed by atoms with Gasteiger partial charge < -0.3 is 5.32 Å². The summed E-state index contributed by atoms with van der Waals surface area (Å²) in [5.41, 5.74) is -0.346. The van der Waals surface area contributed by atoms with E-state index >= 15 is 0 Å². The molecule has 1 heterocycles. The van der Waals surface area contributed by atoms with Crippen LogP contribution >= 0.6 is 0 Å². The van der Waals surface area contributed by atoms with Gasteiger partial charge in [0.1, 0.15) is 6.54 Å². The van der Waals surface area contributed by atoms with Crippen molar-refractivity contribution in [1.82, 2.24) is 0 Å². The number of nitrogens with one attached hydrogen (secondary N) is 1. The molecule has 0 fully saturated rings. The molecule has 2 rings (SSSR count). The molecule has 1 aromatic carbocycles. The van der Waals surface area contributed by atoms with Crippen molar-refractivity contribution in [3.05, 3.63) is 60.2 Å². The maximum atomic E-state index is 13.4. The standard InChI is InChI=1S/C16H15F3N2O/c17-12-7-8-13(16(19)15(12)18)20-14(22)6-2-5-11-21-9-3-1-4-10-21/h1,3-4,7-10H,2,5-6,11H2/p+1. The molecule has 0 atom stereocenters. The van der Waals surface area contributed by atoms with E-state index in [2.05, 4.69) is 5.32 Å². The quantitative estimate of drug-likeness (QED) is 0.496. The fourth-order valence-corrected chi connectivity index (χ4v) is 2.00. The summed E-state index contributed by atoms with van der Waals surface area (Å²) in [6, 6.07) is 7.53.